The normalized spacial score (nSPS) is 31.5. The van der Waals surface area contributed by atoms with Crippen LogP contribution in [0.4, 0.5) is 0 Å². The largest absolute Gasteiger partial charge is 0.236 e. The summed E-state index contributed by atoms with van der Waals surface area (Å²) in [6.07, 6.45) is 10.6. The Morgan fingerprint density at radius 3 is 1.72 bits per heavy atom. The van der Waals surface area contributed by atoms with Gasteiger partial charge in [0.1, 0.15) is 0 Å². The smallest absolute Gasteiger partial charge is 0.0170 e. The van der Waals surface area contributed by atoms with Gasteiger partial charge in [-0.15, -0.1) is 0 Å². The van der Waals surface area contributed by atoms with Gasteiger partial charge in [0, 0.05) is 5.25 Å². The summed E-state index contributed by atoms with van der Waals surface area (Å²) < 4.78 is 0. The molecule has 1 fully saturated rings. The van der Waals surface area contributed by atoms with E-state index in [0.717, 1.165) is 40.1 Å². The van der Waals surface area contributed by atoms with E-state index in [4.69, 9.17) is 0 Å². The van der Waals surface area contributed by atoms with E-state index in [-0.39, 0.29) is 10.8 Å². The fourth-order valence-corrected chi connectivity index (χ4v) is 14.5. The summed E-state index contributed by atoms with van der Waals surface area (Å²) in [6, 6.07) is 10.4. The highest BCUT2D eigenvalue weighted by molar-refractivity contribution is 8.33. The highest BCUT2D eigenvalue weighted by Crippen LogP contribution is 2.71. The molecule has 0 aromatic heterocycles. The molecule has 2 aromatic carbocycles. The number of hydrogen-bond donors (Lipinski definition) is 0. The zero-order valence-electron chi connectivity index (χ0n) is 27.6. The molecule has 6 unspecified atom stereocenters. The molecule has 39 heavy (non-hydrogen) atoms. The topological polar surface area (TPSA) is 0 Å². The summed E-state index contributed by atoms with van der Waals surface area (Å²) in [5.41, 5.74) is 13.2. The van der Waals surface area contributed by atoms with E-state index < -0.39 is 10.0 Å². The number of rotatable bonds is 3. The first-order valence-corrected chi connectivity index (χ1v) is 18.6. The molecule has 216 valence electrons. The molecule has 6 atom stereocenters. The first-order chi connectivity index (χ1) is 17.9. The molecule has 0 nitrogen and oxygen atoms in total. The van der Waals surface area contributed by atoms with Crippen LogP contribution in [0.2, 0.25) is 0 Å². The van der Waals surface area contributed by atoms with Crippen LogP contribution in [0.25, 0.3) is 11.1 Å². The van der Waals surface area contributed by atoms with Crippen LogP contribution in [0.1, 0.15) is 121 Å². The van der Waals surface area contributed by atoms with Gasteiger partial charge in [-0.25, -0.2) is 10.0 Å². The Morgan fingerprint density at radius 1 is 0.667 bits per heavy atom. The molecule has 0 spiro atoms. The van der Waals surface area contributed by atoms with E-state index in [9.17, 15) is 0 Å². The summed E-state index contributed by atoms with van der Waals surface area (Å²) in [5, 5.41) is 1.58. The molecule has 2 aromatic rings. The van der Waals surface area contributed by atoms with Gasteiger partial charge in [0.05, 0.1) is 0 Å². The molecule has 3 aliphatic rings. The minimum Gasteiger partial charge on any atom is -0.236 e. The minimum absolute atomic E-state index is 0.140. The summed E-state index contributed by atoms with van der Waals surface area (Å²) in [7, 11) is -0.844. The first-order valence-electron chi connectivity index (χ1n) is 16.0. The summed E-state index contributed by atoms with van der Waals surface area (Å²) in [4.78, 5) is 0. The fraction of sp³-hybridized carbons (Fsp3) is 0.684. The van der Waals surface area contributed by atoms with Gasteiger partial charge < -0.3 is 0 Å². The summed E-state index contributed by atoms with van der Waals surface area (Å²) in [6.45, 7) is 27.1. The van der Waals surface area contributed by atoms with Crippen molar-refractivity contribution in [2.45, 2.75) is 123 Å². The third-order valence-corrected chi connectivity index (χ3v) is 16.0. The Labute approximate surface area is 243 Å². The zero-order valence-corrected chi connectivity index (χ0v) is 28.4. The van der Waals surface area contributed by atoms with Crippen molar-refractivity contribution in [3.05, 3.63) is 57.6 Å². The van der Waals surface area contributed by atoms with Crippen LogP contribution in [0.5, 0.6) is 0 Å². The molecule has 3 aliphatic carbocycles. The van der Waals surface area contributed by atoms with Crippen LogP contribution in [0.3, 0.4) is 0 Å². The van der Waals surface area contributed by atoms with Crippen molar-refractivity contribution in [2.75, 3.05) is 12.5 Å². The second-order valence-electron chi connectivity index (χ2n) is 16.6. The van der Waals surface area contributed by atoms with E-state index in [0.29, 0.717) is 0 Å². The molecule has 0 N–H and O–H groups in total. The quantitative estimate of drug-likeness (QED) is 0.359. The predicted molar refractivity (Wildman–Crippen MR) is 177 cm³/mol. The van der Waals surface area contributed by atoms with Crippen molar-refractivity contribution in [3.8, 4) is 11.1 Å². The molecule has 5 rings (SSSR count). The van der Waals surface area contributed by atoms with Gasteiger partial charge >= 0.3 is 0 Å². The Hall–Kier alpha value is -1.21. The Bertz CT molecular complexity index is 1200. The Kier molecular flexibility index (Phi) is 7.27. The number of hydrogen-bond acceptors (Lipinski definition) is 0. The van der Waals surface area contributed by atoms with Gasteiger partial charge in [0.25, 0.3) is 0 Å². The second kappa shape index (κ2) is 9.68. The van der Waals surface area contributed by atoms with Crippen molar-refractivity contribution in [3.63, 3.8) is 0 Å². The van der Waals surface area contributed by atoms with Crippen LogP contribution < -0.4 is 0 Å². The lowest BCUT2D eigenvalue weighted by molar-refractivity contribution is 0.352. The molecule has 0 radical (unpaired) electrons. The zero-order chi connectivity index (χ0) is 28.8. The third kappa shape index (κ3) is 4.75. The number of benzene rings is 2. The lowest BCUT2D eigenvalue weighted by Gasteiger charge is -2.50. The molecular formula is C38H58S. The average Bonchev–Trinajstić information content (AvgIpc) is 3.47. The average molecular weight is 547 g/mol. The highest BCUT2D eigenvalue weighted by Gasteiger charge is 2.51. The van der Waals surface area contributed by atoms with Gasteiger partial charge in [-0.3, -0.25) is 0 Å². The van der Waals surface area contributed by atoms with Crippen LogP contribution in [-0.4, -0.2) is 17.8 Å². The van der Waals surface area contributed by atoms with Gasteiger partial charge in [0.15, 0.2) is 0 Å². The molecule has 0 saturated heterocycles. The number of aryl methyl sites for hydroxylation is 1. The van der Waals surface area contributed by atoms with Crippen molar-refractivity contribution in [1.82, 2.24) is 0 Å². The molecule has 1 saturated carbocycles. The fourth-order valence-electron chi connectivity index (χ4n) is 9.25. The van der Waals surface area contributed by atoms with Gasteiger partial charge in [0.2, 0.25) is 0 Å². The maximum atomic E-state index is 2.74. The number of fused-ring (bicyclic) bond motifs is 2. The SMILES string of the molecule is CC1Cc2c(cc3c(c2-c2cc(C(C)(C)C)cc(C(C)(C)C)c2)CCC3)C1S(C)(C)C1C(C)C(C)C(C)C1C. The lowest BCUT2D eigenvalue weighted by Crippen LogP contribution is -2.31. The van der Waals surface area contributed by atoms with Crippen molar-refractivity contribution < 1.29 is 0 Å². The van der Waals surface area contributed by atoms with Crippen molar-refractivity contribution >= 4 is 10.0 Å². The molecule has 0 bridgehead atoms. The molecular weight excluding hydrogens is 488 g/mol. The van der Waals surface area contributed by atoms with Gasteiger partial charge in [-0.05, 0) is 128 Å². The lowest BCUT2D eigenvalue weighted by atomic mass is 9.77. The van der Waals surface area contributed by atoms with E-state index in [2.05, 4.69) is 113 Å². The van der Waals surface area contributed by atoms with E-state index >= 15 is 0 Å². The van der Waals surface area contributed by atoms with E-state index in [1.807, 2.05) is 0 Å². The maximum Gasteiger partial charge on any atom is 0.0170 e. The van der Waals surface area contributed by atoms with Crippen molar-refractivity contribution in [1.29, 1.82) is 0 Å². The monoisotopic (exact) mass is 546 g/mol. The van der Waals surface area contributed by atoms with Crippen LogP contribution in [0, 0.1) is 29.6 Å². The molecule has 1 heteroatoms. The van der Waals surface area contributed by atoms with Crippen molar-refractivity contribution in [2.24, 2.45) is 29.6 Å². The highest BCUT2D eigenvalue weighted by atomic mass is 32.3. The predicted octanol–water partition coefficient (Wildman–Crippen LogP) is 10.7. The summed E-state index contributed by atoms with van der Waals surface area (Å²) >= 11 is 0. The standard InChI is InChI=1S/C38H58S/c1-22-17-32-33(35(22)39(12,13)36-25(4)23(2)24(3)26(36)5)20-27-15-14-16-31(27)34(32)28-18-29(37(6,7)8)21-30(19-28)38(9,10)11/h18-26,35-36H,14-17H2,1-13H3. The Balaban J connectivity index is 1.72. The minimum atomic E-state index is -0.844. The molecule has 0 heterocycles. The van der Waals surface area contributed by atoms with Crippen LogP contribution >= 0.6 is 10.0 Å². The third-order valence-electron chi connectivity index (χ3n) is 11.7. The first kappa shape index (κ1) is 29.3. The van der Waals surface area contributed by atoms with E-state index in [1.54, 1.807) is 27.8 Å². The van der Waals surface area contributed by atoms with Crippen LogP contribution in [-0.2, 0) is 30.1 Å². The molecule has 0 aliphatic heterocycles. The Morgan fingerprint density at radius 2 is 1.21 bits per heavy atom. The van der Waals surface area contributed by atoms with Crippen LogP contribution in [0.15, 0.2) is 24.3 Å². The molecule has 0 amide bonds. The van der Waals surface area contributed by atoms with E-state index in [1.165, 1.54) is 42.4 Å². The second-order valence-corrected chi connectivity index (χ2v) is 20.6. The van der Waals surface area contributed by atoms with Gasteiger partial charge in [-0.1, -0.05) is 100 Å². The maximum absolute atomic E-state index is 2.74. The van der Waals surface area contributed by atoms with Gasteiger partial charge in [-0.2, -0.15) is 0 Å². The summed E-state index contributed by atoms with van der Waals surface area (Å²) in [5.74, 6) is 4.04.